The van der Waals surface area contributed by atoms with Gasteiger partial charge >= 0.3 is 0 Å². The number of carbonyl (C=O) groups is 4. The third kappa shape index (κ3) is 8.83. The molecule has 226 valence electrons. The molecule has 9 nitrogen and oxygen atoms in total. The van der Waals surface area contributed by atoms with Gasteiger partial charge in [-0.15, -0.1) is 0 Å². The van der Waals surface area contributed by atoms with Crippen LogP contribution in [-0.4, -0.2) is 66.1 Å². The molecular weight excluding hydrogens is 546 g/mol. The second kappa shape index (κ2) is 14.7. The van der Waals surface area contributed by atoms with Gasteiger partial charge in [0.05, 0.1) is 19.3 Å². The summed E-state index contributed by atoms with van der Waals surface area (Å²) < 4.78 is 5.25. The van der Waals surface area contributed by atoms with Crippen LogP contribution in [0.1, 0.15) is 42.6 Å². The van der Waals surface area contributed by atoms with E-state index in [0.29, 0.717) is 18.4 Å². The van der Waals surface area contributed by atoms with Crippen LogP contribution in [0.15, 0.2) is 84.9 Å². The van der Waals surface area contributed by atoms with E-state index in [0.717, 1.165) is 16.7 Å². The number of aryl methyl sites for hydroxylation is 1. The molecule has 4 rings (SSSR count). The summed E-state index contributed by atoms with van der Waals surface area (Å²) in [5, 5.41) is 18.0. The van der Waals surface area contributed by atoms with Crippen LogP contribution in [0.4, 0.5) is 0 Å². The molecule has 0 bridgehead atoms. The molecule has 1 aliphatic heterocycles. The van der Waals surface area contributed by atoms with Gasteiger partial charge in [0.25, 0.3) is 5.91 Å². The fraction of sp³-hybridized carbons (Fsp3) is 0.353. The number of aliphatic hydroxyl groups is 1. The third-order valence-electron chi connectivity index (χ3n) is 7.38. The number of Topliss-reactive ketones (excluding diaryl/α,β-unsaturated/α-hetero) is 1. The molecule has 9 heteroatoms. The van der Waals surface area contributed by atoms with Gasteiger partial charge in [0.1, 0.15) is 6.04 Å². The van der Waals surface area contributed by atoms with Gasteiger partial charge in [0, 0.05) is 18.5 Å². The van der Waals surface area contributed by atoms with E-state index in [-0.39, 0.29) is 31.4 Å². The smallest absolute Gasteiger partial charge is 0.252 e. The zero-order valence-electron chi connectivity index (χ0n) is 24.5. The molecule has 1 saturated heterocycles. The van der Waals surface area contributed by atoms with Crippen molar-refractivity contribution in [2.75, 3.05) is 19.8 Å². The monoisotopic (exact) mass is 585 g/mol. The van der Waals surface area contributed by atoms with E-state index >= 15 is 0 Å². The summed E-state index contributed by atoms with van der Waals surface area (Å²) in [7, 11) is 0. The quantitative estimate of drug-likeness (QED) is 0.202. The van der Waals surface area contributed by atoms with Crippen molar-refractivity contribution in [2.45, 2.75) is 50.8 Å². The minimum absolute atomic E-state index is 0.0511. The minimum atomic E-state index is -1.31. The van der Waals surface area contributed by atoms with Crippen LogP contribution in [0.25, 0.3) is 11.1 Å². The number of hydrogen-bond acceptors (Lipinski definition) is 6. The lowest BCUT2D eigenvalue weighted by atomic mass is 9.92. The van der Waals surface area contributed by atoms with Crippen molar-refractivity contribution < 1.29 is 29.0 Å². The summed E-state index contributed by atoms with van der Waals surface area (Å²) in [5.41, 5.74) is 1.82. The van der Waals surface area contributed by atoms with E-state index in [2.05, 4.69) is 16.0 Å². The van der Waals surface area contributed by atoms with Crippen LogP contribution >= 0.6 is 0 Å². The van der Waals surface area contributed by atoms with Crippen LogP contribution in [0.5, 0.6) is 0 Å². The number of ketones is 1. The summed E-state index contributed by atoms with van der Waals surface area (Å²) in [5.74, 6) is -1.76. The molecule has 0 aliphatic carbocycles. The molecule has 3 aromatic carbocycles. The molecule has 0 aromatic heterocycles. The zero-order chi connectivity index (χ0) is 30.8. The average Bonchev–Trinajstić information content (AvgIpc) is 3.83. The van der Waals surface area contributed by atoms with Gasteiger partial charge < -0.3 is 25.8 Å². The maximum atomic E-state index is 13.6. The standard InChI is InChI=1S/C34H39N3O6/c1-23(2)18-28(31(40)34(21-38)22-43-34)36-33(42)29(20-35-30(39)17-16-24-10-5-3-6-11-24)37-32(41)27-15-9-14-26(19-27)25-12-7-4-8-13-25/h3-15,19,23,28-29,38H,16-18,20-22H2,1-2H3,(H,35,39)(H,36,42)(H,37,41). The van der Waals surface area contributed by atoms with E-state index in [9.17, 15) is 24.3 Å². The SMILES string of the molecule is CC(C)CC(NC(=O)C(CNC(=O)CCc1ccccc1)NC(=O)c1cccc(-c2ccccc2)c1)C(=O)C1(CO)CO1. The Morgan fingerprint density at radius 2 is 1.51 bits per heavy atom. The molecule has 3 unspecified atom stereocenters. The van der Waals surface area contributed by atoms with Crippen molar-refractivity contribution >= 4 is 23.5 Å². The van der Waals surface area contributed by atoms with Crippen LogP contribution in [0, 0.1) is 5.92 Å². The van der Waals surface area contributed by atoms with E-state index in [4.69, 9.17) is 4.74 Å². The van der Waals surface area contributed by atoms with Crippen LogP contribution in [-0.2, 0) is 25.5 Å². The Hall–Kier alpha value is -4.34. The van der Waals surface area contributed by atoms with Crippen molar-refractivity contribution in [1.29, 1.82) is 0 Å². The molecule has 4 N–H and O–H groups in total. The van der Waals surface area contributed by atoms with Gasteiger partial charge in [-0.2, -0.15) is 0 Å². The highest BCUT2D eigenvalue weighted by Crippen LogP contribution is 2.30. The first-order chi connectivity index (χ1) is 20.7. The lowest BCUT2D eigenvalue weighted by molar-refractivity contribution is -0.133. The third-order valence-corrected chi connectivity index (χ3v) is 7.38. The summed E-state index contributed by atoms with van der Waals surface area (Å²) in [6.07, 6.45) is 1.05. The minimum Gasteiger partial charge on any atom is -0.393 e. The van der Waals surface area contributed by atoms with Crippen molar-refractivity contribution in [2.24, 2.45) is 5.92 Å². The second-order valence-corrected chi connectivity index (χ2v) is 11.3. The number of carbonyl (C=O) groups excluding carboxylic acids is 4. The summed E-state index contributed by atoms with van der Waals surface area (Å²) >= 11 is 0. The Kier molecular flexibility index (Phi) is 10.8. The molecule has 1 fully saturated rings. The van der Waals surface area contributed by atoms with Crippen molar-refractivity contribution in [3.8, 4) is 11.1 Å². The predicted molar refractivity (Wildman–Crippen MR) is 163 cm³/mol. The highest BCUT2D eigenvalue weighted by Gasteiger charge is 2.54. The summed E-state index contributed by atoms with van der Waals surface area (Å²) in [6, 6.07) is 24.1. The Labute approximate surface area is 252 Å². The van der Waals surface area contributed by atoms with E-state index < -0.39 is 41.9 Å². The first-order valence-electron chi connectivity index (χ1n) is 14.6. The summed E-state index contributed by atoms with van der Waals surface area (Å²) in [6.45, 7) is 3.26. The molecule has 3 atom stereocenters. The lowest BCUT2D eigenvalue weighted by Gasteiger charge is -2.25. The van der Waals surface area contributed by atoms with Crippen LogP contribution in [0.2, 0.25) is 0 Å². The fourth-order valence-corrected chi connectivity index (χ4v) is 4.82. The number of nitrogens with one attached hydrogen (secondary N) is 3. The highest BCUT2D eigenvalue weighted by atomic mass is 16.6. The predicted octanol–water partition coefficient (Wildman–Crippen LogP) is 3.06. The second-order valence-electron chi connectivity index (χ2n) is 11.3. The topological polar surface area (TPSA) is 137 Å². The Bertz CT molecular complexity index is 1410. The van der Waals surface area contributed by atoms with Gasteiger partial charge in [-0.05, 0) is 47.6 Å². The number of amides is 3. The fourth-order valence-electron chi connectivity index (χ4n) is 4.82. The molecule has 0 radical (unpaired) electrons. The number of epoxide rings is 1. The van der Waals surface area contributed by atoms with Crippen LogP contribution in [0.3, 0.4) is 0 Å². The maximum Gasteiger partial charge on any atom is 0.252 e. The molecule has 43 heavy (non-hydrogen) atoms. The van der Waals surface area contributed by atoms with Crippen molar-refractivity contribution in [3.05, 3.63) is 96.1 Å². The van der Waals surface area contributed by atoms with Crippen LogP contribution < -0.4 is 16.0 Å². The Morgan fingerprint density at radius 1 is 0.860 bits per heavy atom. The molecule has 0 spiro atoms. The number of ether oxygens (including phenoxy) is 1. The molecule has 1 aliphatic rings. The van der Waals surface area contributed by atoms with Crippen molar-refractivity contribution in [3.63, 3.8) is 0 Å². The first kappa shape index (κ1) is 31.6. The number of aliphatic hydroxyl groups excluding tert-OH is 1. The van der Waals surface area contributed by atoms with Gasteiger partial charge in [-0.3, -0.25) is 19.2 Å². The van der Waals surface area contributed by atoms with Gasteiger partial charge in [0.2, 0.25) is 11.8 Å². The maximum absolute atomic E-state index is 13.6. The first-order valence-corrected chi connectivity index (χ1v) is 14.6. The molecular formula is C34H39N3O6. The number of hydrogen-bond donors (Lipinski definition) is 4. The largest absolute Gasteiger partial charge is 0.393 e. The zero-order valence-corrected chi connectivity index (χ0v) is 24.5. The molecule has 3 aromatic rings. The Morgan fingerprint density at radius 3 is 2.14 bits per heavy atom. The average molecular weight is 586 g/mol. The van der Waals surface area contributed by atoms with E-state index in [1.54, 1.807) is 18.2 Å². The normalized spacial score (nSPS) is 17.0. The van der Waals surface area contributed by atoms with Gasteiger partial charge in [-0.25, -0.2) is 0 Å². The van der Waals surface area contributed by atoms with Crippen molar-refractivity contribution in [1.82, 2.24) is 16.0 Å². The molecule has 1 heterocycles. The molecule has 0 saturated carbocycles. The van der Waals surface area contributed by atoms with Gasteiger partial charge in [0.15, 0.2) is 11.4 Å². The molecule has 3 amide bonds. The van der Waals surface area contributed by atoms with E-state index in [1.807, 2.05) is 80.6 Å². The Balaban J connectivity index is 1.49. The van der Waals surface area contributed by atoms with Gasteiger partial charge in [-0.1, -0.05) is 86.6 Å². The summed E-state index contributed by atoms with van der Waals surface area (Å²) in [4.78, 5) is 52.9. The highest BCUT2D eigenvalue weighted by molar-refractivity contribution is 6.01. The number of rotatable bonds is 15. The van der Waals surface area contributed by atoms with E-state index in [1.165, 1.54) is 0 Å². The number of benzene rings is 3. The lowest BCUT2D eigenvalue weighted by Crippen LogP contribution is -2.57.